The number of thioether (sulfide) groups is 1. The lowest BCUT2D eigenvalue weighted by atomic mass is 10.3. The Bertz CT molecular complexity index is 519. The number of hydrogen-bond donors (Lipinski definition) is 2. The molecule has 0 saturated heterocycles. The maximum absolute atomic E-state index is 11.9. The molecule has 116 valence electrons. The second-order valence-corrected chi connectivity index (χ2v) is 8.54. The fourth-order valence-corrected chi connectivity index (χ4v) is 5.95. The van der Waals surface area contributed by atoms with Crippen molar-refractivity contribution in [2.24, 2.45) is 5.73 Å². The number of esters is 1. The predicted molar refractivity (Wildman–Crippen MR) is 111 cm³/mol. The molecule has 5 nitrogen and oxygen atoms in total. The van der Waals surface area contributed by atoms with Crippen LogP contribution in [0, 0.1) is 10.7 Å². The van der Waals surface area contributed by atoms with Gasteiger partial charge >= 0.3 is 5.97 Å². The lowest BCUT2D eigenvalue weighted by molar-refractivity contribution is -0.141. The van der Waals surface area contributed by atoms with E-state index >= 15 is 0 Å². The zero-order chi connectivity index (χ0) is 16.0. The van der Waals surface area contributed by atoms with Crippen molar-refractivity contribution in [3.63, 3.8) is 0 Å². The van der Waals surface area contributed by atoms with E-state index < -0.39 is 12.0 Å². The Morgan fingerprint density at radius 1 is 1.33 bits per heavy atom. The highest BCUT2D eigenvalue weighted by molar-refractivity contribution is 14.1. The van der Waals surface area contributed by atoms with Gasteiger partial charge < -0.3 is 15.8 Å². The predicted octanol–water partition coefficient (Wildman–Crippen LogP) is 2.67. The lowest BCUT2D eigenvalue weighted by Crippen LogP contribution is -2.34. The Balaban J connectivity index is 2.50. The third kappa shape index (κ3) is 6.74. The van der Waals surface area contributed by atoms with E-state index in [1.54, 1.807) is 0 Å². The second-order valence-electron chi connectivity index (χ2n) is 3.94. The normalized spacial score (nSPS) is 11.9. The van der Waals surface area contributed by atoms with E-state index in [0.29, 0.717) is 5.75 Å². The molecule has 1 aromatic carbocycles. The number of nitrogens with one attached hydrogen (secondary N) is 1. The van der Waals surface area contributed by atoms with Gasteiger partial charge in [-0.2, -0.15) is 0 Å². The second kappa shape index (κ2) is 9.72. The summed E-state index contributed by atoms with van der Waals surface area (Å²) in [6.45, 7) is 0. The van der Waals surface area contributed by atoms with Gasteiger partial charge in [-0.1, -0.05) is 0 Å². The summed E-state index contributed by atoms with van der Waals surface area (Å²) in [4.78, 5) is 23.1. The standard InChI is InChI=1S/C12H13I3N2O3S/c1-20-12(19)9(16)4-21-5-10(18)17-11-7(14)2-6(13)3-8(11)15/h2-3,9H,4-5,16H2,1H3,(H,17,18). The highest BCUT2D eigenvalue weighted by Crippen LogP contribution is 2.27. The summed E-state index contributed by atoms with van der Waals surface area (Å²) in [6.07, 6.45) is 0. The van der Waals surface area contributed by atoms with Gasteiger partial charge in [-0.3, -0.25) is 9.59 Å². The molecule has 0 heterocycles. The van der Waals surface area contributed by atoms with Crippen LogP contribution in [0.15, 0.2) is 12.1 Å². The Morgan fingerprint density at radius 3 is 2.43 bits per heavy atom. The van der Waals surface area contributed by atoms with Gasteiger partial charge in [0.2, 0.25) is 5.91 Å². The molecule has 21 heavy (non-hydrogen) atoms. The molecular weight excluding hydrogens is 633 g/mol. The zero-order valence-corrected chi connectivity index (χ0v) is 18.3. The maximum atomic E-state index is 11.9. The summed E-state index contributed by atoms with van der Waals surface area (Å²) < 4.78 is 7.64. The lowest BCUT2D eigenvalue weighted by Gasteiger charge is -2.11. The van der Waals surface area contributed by atoms with Crippen LogP contribution in [0.2, 0.25) is 0 Å². The number of methoxy groups -OCH3 is 1. The topological polar surface area (TPSA) is 81.4 Å². The minimum atomic E-state index is -0.702. The smallest absolute Gasteiger partial charge is 0.323 e. The van der Waals surface area contributed by atoms with Crippen molar-refractivity contribution in [1.29, 1.82) is 0 Å². The quantitative estimate of drug-likeness (QED) is 0.368. The minimum Gasteiger partial charge on any atom is -0.468 e. The Kier molecular flexibility index (Phi) is 9.12. The van der Waals surface area contributed by atoms with Gasteiger partial charge in [0.05, 0.1) is 18.6 Å². The van der Waals surface area contributed by atoms with Gasteiger partial charge in [-0.25, -0.2) is 0 Å². The van der Waals surface area contributed by atoms with Gasteiger partial charge in [0.1, 0.15) is 6.04 Å². The Hall–Kier alpha value is 0.660. The summed E-state index contributed by atoms with van der Waals surface area (Å²) in [7, 11) is 1.29. The summed E-state index contributed by atoms with van der Waals surface area (Å²) in [5.41, 5.74) is 6.42. The first-order valence-corrected chi connectivity index (χ1v) is 10.1. The molecule has 0 aliphatic rings. The number of anilines is 1. The molecule has 0 aliphatic carbocycles. The molecule has 0 aliphatic heterocycles. The monoisotopic (exact) mass is 646 g/mol. The van der Waals surface area contributed by atoms with Crippen molar-refractivity contribution in [2.75, 3.05) is 23.9 Å². The number of nitrogens with two attached hydrogens (primary N) is 1. The van der Waals surface area contributed by atoms with E-state index in [9.17, 15) is 9.59 Å². The number of carbonyl (C=O) groups excluding carboxylic acids is 2. The number of halogens is 3. The van der Waals surface area contributed by atoms with Crippen LogP contribution in [0.4, 0.5) is 5.69 Å². The molecule has 1 aromatic rings. The average Bonchev–Trinajstić information content (AvgIpc) is 2.41. The SMILES string of the molecule is COC(=O)C(N)CSCC(=O)Nc1c(I)cc(I)cc1I. The largest absolute Gasteiger partial charge is 0.468 e. The van der Waals surface area contributed by atoms with Crippen molar-refractivity contribution in [1.82, 2.24) is 0 Å². The Labute approximate surface area is 168 Å². The fraction of sp³-hybridized carbons (Fsp3) is 0.333. The number of ether oxygens (including phenoxy) is 1. The van der Waals surface area contributed by atoms with Crippen molar-refractivity contribution < 1.29 is 14.3 Å². The van der Waals surface area contributed by atoms with Crippen LogP contribution in [0.1, 0.15) is 0 Å². The first-order chi connectivity index (χ1) is 9.85. The molecular formula is C12H13I3N2O3S. The molecule has 1 amide bonds. The van der Waals surface area contributed by atoms with Crippen molar-refractivity contribution in [3.8, 4) is 0 Å². The molecule has 0 fully saturated rings. The molecule has 1 rings (SSSR count). The van der Waals surface area contributed by atoms with E-state index in [0.717, 1.165) is 16.4 Å². The minimum absolute atomic E-state index is 0.117. The molecule has 9 heteroatoms. The van der Waals surface area contributed by atoms with Crippen LogP contribution in [-0.4, -0.2) is 36.5 Å². The third-order valence-electron chi connectivity index (χ3n) is 2.31. The summed E-state index contributed by atoms with van der Waals surface area (Å²) in [6, 6.07) is 3.30. The van der Waals surface area contributed by atoms with Gasteiger partial charge in [-0.05, 0) is 79.9 Å². The Morgan fingerprint density at radius 2 is 1.90 bits per heavy atom. The molecule has 0 saturated carbocycles. The molecule has 0 radical (unpaired) electrons. The molecule has 0 aromatic heterocycles. The average molecular weight is 646 g/mol. The van der Waals surface area contributed by atoms with Gasteiger partial charge in [0.25, 0.3) is 0 Å². The van der Waals surface area contributed by atoms with Crippen LogP contribution >= 0.6 is 79.5 Å². The maximum Gasteiger partial charge on any atom is 0.323 e. The van der Waals surface area contributed by atoms with Crippen LogP contribution in [0.3, 0.4) is 0 Å². The zero-order valence-electron chi connectivity index (χ0n) is 11.0. The number of carbonyl (C=O) groups is 2. The van der Waals surface area contributed by atoms with Crippen molar-refractivity contribution in [3.05, 3.63) is 22.8 Å². The third-order valence-corrected chi connectivity index (χ3v) is 5.69. The van der Waals surface area contributed by atoms with E-state index in [1.165, 1.54) is 18.9 Å². The van der Waals surface area contributed by atoms with E-state index in [4.69, 9.17) is 5.73 Å². The van der Waals surface area contributed by atoms with Crippen LogP contribution in [-0.2, 0) is 14.3 Å². The number of hydrogen-bond acceptors (Lipinski definition) is 5. The summed E-state index contributed by atoms with van der Waals surface area (Å²) in [5, 5.41) is 2.89. The van der Waals surface area contributed by atoms with Gasteiger partial charge in [0, 0.05) is 16.5 Å². The first-order valence-electron chi connectivity index (χ1n) is 5.70. The molecule has 0 spiro atoms. The number of benzene rings is 1. The van der Waals surface area contributed by atoms with E-state index in [1.807, 2.05) is 12.1 Å². The summed E-state index contributed by atoms with van der Waals surface area (Å²) >= 11 is 7.93. The van der Waals surface area contributed by atoms with Crippen molar-refractivity contribution >= 4 is 97.1 Å². The summed E-state index contributed by atoms with van der Waals surface area (Å²) in [5.74, 6) is 0.00261. The molecule has 0 bridgehead atoms. The molecule has 1 atom stereocenters. The first kappa shape index (κ1) is 19.7. The van der Waals surface area contributed by atoms with Crippen molar-refractivity contribution in [2.45, 2.75) is 6.04 Å². The fourth-order valence-electron chi connectivity index (χ4n) is 1.34. The van der Waals surface area contributed by atoms with Crippen LogP contribution < -0.4 is 11.1 Å². The highest BCUT2D eigenvalue weighted by atomic mass is 127. The molecule has 3 N–H and O–H groups in total. The number of rotatable bonds is 6. The van der Waals surface area contributed by atoms with Gasteiger partial charge in [-0.15, -0.1) is 11.8 Å². The number of amides is 1. The van der Waals surface area contributed by atoms with Crippen LogP contribution in [0.5, 0.6) is 0 Å². The highest BCUT2D eigenvalue weighted by Gasteiger charge is 2.15. The van der Waals surface area contributed by atoms with E-state index in [-0.39, 0.29) is 11.7 Å². The molecule has 1 unspecified atom stereocenters. The van der Waals surface area contributed by atoms with Gasteiger partial charge in [0.15, 0.2) is 0 Å². The van der Waals surface area contributed by atoms with Crippen LogP contribution in [0.25, 0.3) is 0 Å². The van der Waals surface area contributed by atoms with E-state index in [2.05, 4.69) is 77.8 Å².